The van der Waals surface area contributed by atoms with E-state index in [4.69, 9.17) is 5.14 Å². The molecule has 2 rings (SSSR count). The zero-order valence-corrected chi connectivity index (χ0v) is 12.8. The van der Waals surface area contributed by atoms with E-state index >= 15 is 0 Å². The van der Waals surface area contributed by atoms with Gasteiger partial charge in [-0.1, -0.05) is 24.3 Å². The lowest BCUT2D eigenvalue weighted by Crippen LogP contribution is -2.28. The van der Waals surface area contributed by atoms with Crippen LogP contribution in [0.3, 0.4) is 0 Å². The summed E-state index contributed by atoms with van der Waals surface area (Å²) in [6.07, 6.45) is 6.69. The maximum absolute atomic E-state index is 12.0. The van der Waals surface area contributed by atoms with Gasteiger partial charge in [-0.05, 0) is 43.4 Å². The molecule has 0 saturated carbocycles. The molecule has 0 radical (unpaired) electrons. The minimum Gasteiger partial charge on any atom is -0.350 e. The fraction of sp³-hybridized carbons (Fsp3) is 0.400. The van der Waals surface area contributed by atoms with Crippen molar-refractivity contribution in [1.29, 1.82) is 0 Å². The molecule has 1 aromatic carbocycles. The van der Waals surface area contributed by atoms with E-state index in [9.17, 15) is 13.2 Å². The minimum absolute atomic E-state index is 0.0277. The van der Waals surface area contributed by atoms with Crippen LogP contribution in [0.15, 0.2) is 41.3 Å². The van der Waals surface area contributed by atoms with Crippen molar-refractivity contribution in [3.05, 3.63) is 42.0 Å². The molecule has 6 heteroatoms. The van der Waals surface area contributed by atoms with Crippen LogP contribution in [0.1, 0.15) is 37.8 Å². The predicted octanol–water partition coefficient (Wildman–Crippen LogP) is 1.87. The molecule has 5 nitrogen and oxygen atoms in total. The number of benzene rings is 1. The third kappa shape index (κ3) is 4.41. The number of hydrogen-bond donors (Lipinski definition) is 2. The molecule has 1 aliphatic rings. The molecular weight excluding hydrogens is 288 g/mol. The van der Waals surface area contributed by atoms with Crippen molar-refractivity contribution >= 4 is 15.9 Å². The summed E-state index contributed by atoms with van der Waals surface area (Å²) in [6, 6.07) is 6.07. The van der Waals surface area contributed by atoms with Gasteiger partial charge in [0.1, 0.15) is 0 Å². The van der Waals surface area contributed by atoms with Gasteiger partial charge < -0.3 is 5.32 Å². The highest BCUT2D eigenvalue weighted by Crippen LogP contribution is 2.21. The van der Waals surface area contributed by atoms with Gasteiger partial charge in [0.25, 0.3) is 0 Å². The number of nitrogens with two attached hydrogens (primary N) is 1. The fourth-order valence-electron chi connectivity index (χ4n) is 2.45. The lowest BCUT2D eigenvalue weighted by molar-refractivity contribution is -0.122. The van der Waals surface area contributed by atoms with Crippen LogP contribution in [-0.4, -0.2) is 14.3 Å². The molecule has 0 saturated heterocycles. The first-order valence-corrected chi connectivity index (χ1v) is 8.49. The van der Waals surface area contributed by atoms with Crippen LogP contribution in [0, 0.1) is 5.92 Å². The smallest absolute Gasteiger partial charge is 0.238 e. The fourth-order valence-corrected chi connectivity index (χ4v) is 3.02. The van der Waals surface area contributed by atoms with Crippen molar-refractivity contribution in [3.63, 3.8) is 0 Å². The van der Waals surface area contributed by atoms with Gasteiger partial charge in [0, 0.05) is 6.42 Å². The third-order valence-corrected chi connectivity index (χ3v) is 4.54. The van der Waals surface area contributed by atoms with E-state index in [1.54, 1.807) is 12.1 Å². The Morgan fingerprint density at radius 3 is 2.86 bits per heavy atom. The monoisotopic (exact) mass is 308 g/mol. The number of rotatable bonds is 5. The summed E-state index contributed by atoms with van der Waals surface area (Å²) in [7, 11) is -3.73. The molecule has 0 bridgehead atoms. The standard InChI is InChI=1S/C15H20N2O3S/c1-11(17-15(18)9-12-5-2-3-6-12)13-7-4-8-14(10-13)21(16,19)20/h2,4-5,7-8,10-12H,3,6,9H2,1H3,(H,17,18)(H2,16,19,20)/t11-,12+/m1/s1. The summed E-state index contributed by atoms with van der Waals surface area (Å²) in [5, 5.41) is 8.01. The Bertz CT molecular complexity index is 653. The second-order valence-electron chi connectivity index (χ2n) is 5.38. The van der Waals surface area contributed by atoms with Crippen LogP contribution in [0.25, 0.3) is 0 Å². The highest BCUT2D eigenvalue weighted by molar-refractivity contribution is 7.89. The number of amides is 1. The van der Waals surface area contributed by atoms with Crippen molar-refractivity contribution in [2.45, 2.75) is 37.1 Å². The van der Waals surface area contributed by atoms with Crippen molar-refractivity contribution < 1.29 is 13.2 Å². The molecule has 0 unspecified atom stereocenters. The zero-order valence-electron chi connectivity index (χ0n) is 12.0. The Morgan fingerprint density at radius 2 is 2.24 bits per heavy atom. The number of primary sulfonamides is 1. The second-order valence-corrected chi connectivity index (χ2v) is 6.94. The number of carbonyl (C=O) groups excluding carboxylic acids is 1. The van der Waals surface area contributed by atoms with E-state index in [1.807, 2.05) is 6.92 Å². The predicted molar refractivity (Wildman–Crippen MR) is 80.9 cm³/mol. The molecule has 21 heavy (non-hydrogen) atoms. The zero-order chi connectivity index (χ0) is 15.5. The van der Waals surface area contributed by atoms with Crippen LogP contribution in [-0.2, 0) is 14.8 Å². The SMILES string of the molecule is C[C@@H](NC(=O)C[C@H]1C=CCC1)c1cccc(S(N)(=O)=O)c1. The summed E-state index contributed by atoms with van der Waals surface area (Å²) in [5.41, 5.74) is 0.719. The molecule has 1 aromatic rings. The Morgan fingerprint density at radius 1 is 1.48 bits per heavy atom. The highest BCUT2D eigenvalue weighted by atomic mass is 32.2. The van der Waals surface area contributed by atoms with E-state index in [-0.39, 0.29) is 16.8 Å². The van der Waals surface area contributed by atoms with Crippen LogP contribution < -0.4 is 10.5 Å². The largest absolute Gasteiger partial charge is 0.350 e. The highest BCUT2D eigenvalue weighted by Gasteiger charge is 2.17. The summed E-state index contributed by atoms with van der Waals surface area (Å²) in [4.78, 5) is 12.0. The molecular formula is C15H20N2O3S. The number of sulfonamides is 1. The summed E-state index contributed by atoms with van der Waals surface area (Å²) < 4.78 is 22.7. The molecule has 114 valence electrons. The molecule has 0 aromatic heterocycles. The third-order valence-electron chi connectivity index (χ3n) is 3.62. The summed E-state index contributed by atoms with van der Waals surface area (Å²) >= 11 is 0. The first kappa shape index (κ1) is 15.7. The number of nitrogens with one attached hydrogen (secondary N) is 1. The lowest BCUT2D eigenvalue weighted by atomic mass is 10.0. The molecule has 3 N–H and O–H groups in total. The molecule has 1 aliphatic carbocycles. The van der Waals surface area contributed by atoms with Crippen molar-refractivity contribution in [2.75, 3.05) is 0 Å². The average Bonchev–Trinajstić information content (AvgIpc) is 2.90. The second kappa shape index (κ2) is 6.41. The van der Waals surface area contributed by atoms with Gasteiger partial charge in [0.15, 0.2) is 0 Å². The van der Waals surface area contributed by atoms with Gasteiger partial charge in [0.05, 0.1) is 10.9 Å². The molecule has 0 aliphatic heterocycles. The van der Waals surface area contributed by atoms with Gasteiger partial charge in [-0.25, -0.2) is 13.6 Å². The van der Waals surface area contributed by atoms with Crippen molar-refractivity contribution in [1.82, 2.24) is 5.32 Å². The molecule has 2 atom stereocenters. The number of hydrogen-bond acceptors (Lipinski definition) is 3. The normalized spacial score (nSPS) is 19.4. The van der Waals surface area contributed by atoms with Gasteiger partial charge in [0.2, 0.25) is 15.9 Å². The van der Waals surface area contributed by atoms with Gasteiger partial charge in [-0.3, -0.25) is 4.79 Å². The average molecular weight is 308 g/mol. The van der Waals surface area contributed by atoms with Crippen LogP contribution in [0.2, 0.25) is 0 Å². The van der Waals surface area contributed by atoms with E-state index in [1.165, 1.54) is 12.1 Å². The Kier molecular flexibility index (Phi) is 4.80. The quantitative estimate of drug-likeness (QED) is 0.814. The molecule has 0 heterocycles. The Balaban J connectivity index is 2.01. The maximum Gasteiger partial charge on any atom is 0.238 e. The van der Waals surface area contributed by atoms with Crippen molar-refractivity contribution in [2.24, 2.45) is 11.1 Å². The minimum atomic E-state index is -3.73. The Labute approximate surface area is 125 Å². The van der Waals surface area contributed by atoms with E-state index < -0.39 is 10.0 Å². The molecule has 1 amide bonds. The van der Waals surface area contributed by atoms with Gasteiger partial charge in [-0.15, -0.1) is 0 Å². The van der Waals surface area contributed by atoms with Crippen LogP contribution in [0.5, 0.6) is 0 Å². The molecule has 0 fully saturated rings. The van der Waals surface area contributed by atoms with E-state index in [2.05, 4.69) is 17.5 Å². The first-order chi connectivity index (χ1) is 9.86. The van der Waals surface area contributed by atoms with Crippen molar-refractivity contribution in [3.8, 4) is 0 Å². The first-order valence-electron chi connectivity index (χ1n) is 6.95. The van der Waals surface area contributed by atoms with Crippen LogP contribution in [0.4, 0.5) is 0 Å². The number of carbonyl (C=O) groups is 1. The van der Waals surface area contributed by atoms with Gasteiger partial charge in [-0.2, -0.15) is 0 Å². The lowest BCUT2D eigenvalue weighted by Gasteiger charge is -2.16. The topological polar surface area (TPSA) is 89.3 Å². The van der Waals surface area contributed by atoms with E-state index in [0.29, 0.717) is 12.3 Å². The summed E-state index contributed by atoms with van der Waals surface area (Å²) in [6.45, 7) is 1.82. The van der Waals surface area contributed by atoms with Crippen LogP contribution >= 0.6 is 0 Å². The van der Waals surface area contributed by atoms with E-state index in [0.717, 1.165) is 18.4 Å². The summed E-state index contributed by atoms with van der Waals surface area (Å²) in [5.74, 6) is 0.285. The van der Waals surface area contributed by atoms with Gasteiger partial charge >= 0.3 is 0 Å². The Hall–Kier alpha value is -1.66. The maximum atomic E-state index is 12.0. The number of allylic oxidation sites excluding steroid dienone is 2. The molecule has 0 spiro atoms.